The second kappa shape index (κ2) is 4.47. The predicted octanol–water partition coefficient (Wildman–Crippen LogP) is 2.95. The second-order valence-corrected chi connectivity index (χ2v) is 5.50. The number of ether oxygens (including phenoxy) is 1. The van der Waals surface area contributed by atoms with Crippen LogP contribution in [0.4, 0.5) is 0 Å². The molecule has 2 nitrogen and oxygen atoms in total. The molecule has 1 atom stereocenters. The lowest BCUT2D eigenvalue weighted by molar-refractivity contribution is 0.109. The van der Waals surface area contributed by atoms with E-state index in [9.17, 15) is 0 Å². The van der Waals surface area contributed by atoms with E-state index >= 15 is 0 Å². The van der Waals surface area contributed by atoms with Crippen molar-refractivity contribution in [3.8, 4) is 0 Å². The van der Waals surface area contributed by atoms with Crippen LogP contribution in [-0.2, 0) is 17.8 Å². The molecule has 0 aliphatic carbocycles. The summed E-state index contributed by atoms with van der Waals surface area (Å²) in [5, 5.41) is 3.57. The summed E-state index contributed by atoms with van der Waals surface area (Å²) in [5.41, 5.74) is 4.33. The van der Waals surface area contributed by atoms with Crippen molar-refractivity contribution < 1.29 is 4.74 Å². The topological polar surface area (TPSA) is 21.3 Å². The first kappa shape index (κ1) is 10.8. The van der Waals surface area contributed by atoms with Gasteiger partial charge in [-0.1, -0.05) is 15.9 Å². The molecule has 2 heterocycles. The summed E-state index contributed by atoms with van der Waals surface area (Å²) in [5.74, 6) is 0. The van der Waals surface area contributed by atoms with Gasteiger partial charge in [-0.25, -0.2) is 0 Å². The zero-order valence-electron chi connectivity index (χ0n) is 9.26. The molecule has 0 spiro atoms. The minimum atomic E-state index is 0.535. The molecule has 1 fully saturated rings. The number of rotatable bonds is 1. The highest BCUT2D eigenvalue weighted by Gasteiger charge is 2.23. The Bertz CT molecular complexity index is 399. The number of nitrogens with one attached hydrogen (secondary N) is 1. The molecule has 1 N–H and O–H groups in total. The fourth-order valence-electron chi connectivity index (χ4n) is 2.73. The van der Waals surface area contributed by atoms with E-state index in [2.05, 4.69) is 33.4 Å². The van der Waals surface area contributed by atoms with Crippen molar-refractivity contribution in [3.63, 3.8) is 0 Å². The van der Waals surface area contributed by atoms with E-state index in [1.54, 1.807) is 0 Å². The number of halogens is 1. The molecular weight excluding hydrogens is 266 g/mol. The lowest BCUT2D eigenvalue weighted by Gasteiger charge is -2.23. The van der Waals surface area contributed by atoms with E-state index in [1.165, 1.54) is 34.0 Å². The summed E-state index contributed by atoms with van der Waals surface area (Å²) in [6, 6.07) is 5.04. The largest absolute Gasteiger partial charge is 0.376 e. The Balaban J connectivity index is 2.04. The third kappa shape index (κ3) is 1.92. The van der Waals surface area contributed by atoms with E-state index in [4.69, 9.17) is 4.74 Å². The van der Waals surface area contributed by atoms with Crippen LogP contribution in [0.1, 0.15) is 35.6 Å². The quantitative estimate of drug-likeness (QED) is 0.855. The summed E-state index contributed by atoms with van der Waals surface area (Å²) in [6.45, 7) is 2.80. The Kier molecular flexibility index (Phi) is 3.01. The standard InChI is InChI=1S/C13H16BrNO/c14-10-6-9-3-5-16-8-12(9)11(7-10)13-2-1-4-15-13/h6-7,13,15H,1-5,8H2/t13-/m0/s1. The van der Waals surface area contributed by atoms with Crippen LogP contribution >= 0.6 is 15.9 Å². The Labute approximate surface area is 105 Å². The zero-order chi connectivity index (χ0) is 11.0. The van der Waals surface area contributed by atoms with Gasteiger partial charge in [-0.05, 0) is 54.6 Å². The Morgan fingerprint density at radius 2 is 2.31 bits per heavy atom. The molecule has 0 saturated carbocycles. The second-order valence-electron chi connectivity index (χ2n) is 4.58. The van der Waals surface area contributed by atoms with E-state index in [-0.39, 0.29) is 0 Å². The van der Waals surface area contributed by atoms with Crippen LogP contribution in [0.3, 0.4) is 0 Å². The van der Waals surface area contributed by atoms with Gasteiger partial charge >= 0.3 is 0 Å². The van der Waals surface area contributed by atoms with Crippen molar-refractivity contribution in [1.82, 2.24) is 5.32 Å². The van der Waals surface area contributed by atoms with Gasteiger partial charge in [-0.3, -0.25) is 0 Å². The third-order valence-electron chi connectivity index (χ3n) is 3.54. The highest BCUT2D eigenvalue weighted by Crippen LogP contribution is 2.33. The fraction of sp³-hybridized carbons (Fsp3) is 0.538. The number of hydrogen-bond acceptors (Lipinski definition) is 2. The van der Waals surface area contributed by atoms with Crippen molar-refractivity contribution in [2.45, 2.75) is 31.9 Å². The molecular formula is C13H16BrNO. The van der Waals surface area contributed by atoms with Gasteiger partial charge in [0, 0.05) is 10.5 Å². The summed E-state index contributed by atoms with van der Waals surface area (Å²) in [7, 11) is 0. The number of benzene rings is 1. The minimum Gasteiger partial charge on any atom is -0.376 e. The minimum absolute atomic E-state index is 0.535. The molecule has 0 aromatic heterocycles. The van der Waals surface area contributed by atoms with Crippen LogP contribution in [0.15, 0.2) is 16.6 Å². The molecule has 0 radical (unpaired) electrons. The molecule has 0 unspecified atom stereocenters. The summed E-state index contributed by atoms with van der Waals surface area (Å²) < 4.78 is 6.80. The molecule has 1 saturated heterocycles. The van der Waals surface area contributed by atoms with Gasteiger partial charge in [0.1, 0.15) is 0 Å². The summed E-state index contributed by atoms with van der Waals surface area (Å²) >= 11 is 3.62. The molecule has 3 heteroatoms. The highest BCUT2D eigenvalue weighted by atomic mass is 79.9. The van der Waals surface area contributed by atoms with Crippen LogP contribution in [0.25, 0.3) is 0 Å². The lowest BCUT2D eigenvalue weighted by Crippen LogP contribution is -2.19. The van der Waals surface area contributed by atoms with Crippen LogP contribution in [0, 0.1) is 0 Å². The maximum absolute atomic E-state index is 5.59. The summed E-state index contributed by atoms with van der Waals surface area (Å²) in [4.78, 5) is 0. The molecule has 2 aliphatic rings. The van der Waals surface area contributed by atoms with Crippen LogP contribution in [0.2, 0.25) is 0 Å². The van der Waals surface area contributed by atoms with Gasteiger partial charge < -0.3 is 10.1 Å². The SMILES string of the molecule is Brc1cc2c(c([C@@H]3CCCN3)c1)COCC2. The first-order valence-electron chi connectivity index (χ1n) is 5.97. The van der Waals surface area contributed by atoms with Gasteiger partial charge in [0.25, 0.3) is 0 Å². The molecule has 1 aromatic rings. The van der Waals surface area contributed by atoms with Gasteiger partial charge in [0.2, 0.25) is 0 Å². The smallest absolute Gasteiger partial charge is 0.0722 e. The zero-order valence-corrected chi connectivity index (χ0v) is 10.8. The van der Waals surface area contributed by atoms with Crippen molar-refractivity contribution in [3.05, 3.63) is 33.3 Å². The molecule has 1 aromatic carbocycles. The Morgan fingerprint density at radius 1 is 1.38 bits per heavy atom. The van der Waals surface area contributed by atoms with E-state index in [1.807, 2.05) is 0 Å². The molecule has 2 aliphatic heterocycles. The van der Waals surface area contributed by atoms with E-state index in [0.717, 1.165) is 26.2 Å². The summed E-state index contributed by atoms with van der Waals surface area (Å²) in [6.07, 6.45) is 3.59. The van der Waals surface area contributed by atoms with Gasteiger partial charge in [-0.15, -0.1) is 0 Å². The average Bonchev–Trinajstić information content (AvgIpc) is 2.81. The Hall–Kier alpha value is -0.380. The van der Waals surface area contributed by atoms with E-state index < -0.39 is 0 Å². The maximum Gasteiger partial charge on any atom is 0.0722 e. The van der Waals surface area contributed by atoms with Gasteiger partial charge in [0.05, 0.1) is 13.2 Å². The third-order valence-corrected chi connectivity index (χ3v) is 4.00. The van der Waals surface area contributed by atoms with Crippen molar-refractivity contribution in [2.24, 2.45) is 0 Å². The monoisotopic (exact) mass is 281 g/mol. The lowest BCUT2D eigenvalue weighted by atomic mass is 9.93. The van der Waals surface area contributed by atoms with E-state index in [0.29, 0.717) is 6.04 Å². The van der Waals surface area contributed by atoms with Crippen molar-refractivity contribution in [2.75, 3.05) is 13.2 Å². The van der Waals surface area contributed by atoms with Crippen LogP contribution in [-0.4, -0.2) is 13.2 Å². The number of hydrogen-bond donors (Lipinski definition) is 1. The predicted molar refractivity (Wildman–Crippen MR) is 67.5 cm³/mol. The molecule has 0 amide bonds. The fourth-order valence-corrected chi connectivity index (χ4v) is 3.26. The number of fused-ring (bicyclic) bond motifs is 1. The van der Waals surface area contributed by atoms with Gasteiger partial charge in [-0.2, -0.15) is 0 Å². The normalized spacial score (nSPS) is 24.4. The molecule has 3 rings (SSSR count). The van der Waals surface area contributed by atoms with Crippen molar-refractivity contribution in [1.29, 1.82) is 0 Å². The molecule has 86 valence electrons. The van der Waals surface area contributed by atoms with Gasteiger partial charge in [0.15, 0.2) is 0 Å². The highest BCUT2D eigenvalue weighted by molar-refractivity contribution is 9.10. The average molecular weight is 282 g/mol. The first-order valence-corrected chi connectivity index (χ1v) is 6.76. The van der Waals surface area contributed by atoms with Crippen LogP contribution in [0.5, 0.6) is 0 Å². The van der Waals surface area contributed by atoms with Crippen molar-refractivity contribution >= 4 is 15.9 Å². The maximum atomic E-state index is 5.59. The first-order chi connectivity index (χ1) is 7.84. The molecule has 16 heavy (non-hydrogen) atoms. The van der Waals surface area contributed by atoms with Crippen LogP contribution < -0.4 is 5.32 Å². The molecule has 0 bridgehead atoms. The Morgan fingerprint density at radius 3 is 3.12 bits per heavy atom.